The first-order valence-corrected chi connectivity index (χ1v) is 8.96. The van der Waals surface area contributed by atoms with E-state index in [1.165, 1.54) is 22.9 Å². The molecule has 0 amide bonds. The van der Waals surface area contributed by atoms with Crippen LogP contribution in [0.25, 0.3) is 0 Å². The molecule has 0 bridgehead atoms. The third-order valence-corrected chi connectivity index (χ3v) is 2.51. The van der Waals surface area contributed by atoms with E-state index in [1.54, 1.807) is 0 Å². The summed E-state index contributed by atoms with van der Waals surface area (Å²) in [5.41, 5.74) is 1.44. The summed E-state index contributed by atoms with van der Waals surface area (Å²) in [6.45, 7) is 2.20. The molecule has 0 aliphatic heterocycles. The Morgan fingerprint density at radius 3 is 1.77 bits per heavy atom. The molecule has 0 spiro atoms. The second kappa shape index (κ2) is 7.67. The molecular formula is C14H17F6FeP. The van der Waals surface area contributed by atoms with Crippen molar-refractivity contribution >= 4 is 7.81 Å². The molecule has 1 aromatic carbocycles. The number of allylic oxidation sites excluding steroid dienone is 4. The number of halogens is 6. The summed E-state index contributed by atoms with van der Waals surface area (Å²) >= 11 is 3.74. The molecule has 0 nitrogen and oxygen atoms in total. The van der Waals surface area contributed by atoms with Gasteiger partial charge in [0.25, 0.3) is 0 Å². The van der Waals surface area contributed by atoms with Gasteiger partial charge in [-0.15, -0.1) is 0 Å². The number of hydrogen-bond acceptors (Lipinski definition) is 0. The van der Waals surface area contributed by atoms with Gasteiger partial charge in [0.1, 0.15) is 0 Å². The van der Waals surface area contributed by atoms with E-state index in [0.29, 0.717) is 0 Å². The van der Waals surface area contributed by atoms with E-state index in [9.17, 15) is 25.2 Å². The number of rotatable bonds is 2. The Morgan fingerprint density at radius 2 is 1.50 bits per heavy atom. The predicted molar refractivity (Wildman–Crippen MR) is 75.8 cm³/mol. The van der Waals surface area contributed by atoms with Crippen molar-refractivity contribution in [2.45, 2.75) is 26.2 Å². The van der Waals surface area contributed by atoms with E-state index in [1.807, 2.05) is 12.2 Å². The van der Waals surface area contributed by atoms with Crippen molar-refractivity contribution in [1.82, 2.24) is 0 Å². The summed E-state index contributed by atoms with van der Waals surface area (Å²) < 4.78 is 60.4. The van der Waals surface area contributed by atoms with Crippen molar-refractivity contribution in [3.8, 4) is 0 Å². The van der Waals surface area contributed by atoms with E-state index < -0.39 is 7.81 Å². The van der Waals surface area contributed by atoms with Gasteiger partial charge in [-0.1, -0.05) is 43.7 Å². The van der Waals surface area contributed by atoms with Crippen LogP contribution in [0.5, 0.6) is 0 Å². The van der Waals surface area contributed by atoms with Gasteiger partial charge < -0.3 is 0 Å². The Balaban J connectivity index is 0.000000308. The fraction of sp³-hybridized carbons (Fsp3) is 0.286. The van der Waals surface area contributed by atoms with Crippen molar-refractivity contribution < 1.29 is 41.2 Å². The fourth-order valence-corrected chi connectivity index (χ4v) is 1.59. The zero-order chi connectivity index (χ0) is 17.3. The summed E-state index contributed by atoms with van der Waals surface area (Å²) in [5, 5.41) is 0. The molecule has 0 saturated heterocycles. The summed E-state index contributed by atoms with van der Waals surface area (Å²) in [6, 6.07) is 10.6. The Hall–Kier alpha value is -0.771. The molecular weight excluding hydrogens is 369 g/mol. The first-order chi connectivity index (χ1) is 9.78. The van der Waals surface area contributed by atoms with Gasteiger partial charge in [0.2, 0.25) is 0 Å². The Morgan fingerprint density at radius 1 is 1.00 bits per heavy atom. The van der Waals surface area contributed by atoms with Crippen LogP contribution in [0.1, 0.15) is 25.3 Å². The van der Waals surface area contributed by atoms with E-state index in [4.69, 9.17) is 0 Å². The molecule has 0 aromatic heterocycles. The molecule has 0 heterocycles. The second-order valence-corrected chi connectivity index (χ2v) is 7.05. The molecule has 1 aliphatic carbocycles. The number of hydrogen-bond donors (Lipinski definition) is 0. The Kier molecular flexibility index (Phi) is 7.40. The summed E-state index contributed by atoms with van der Waals surface area (Å²) in [7, 11) is -10.7. The molecule has 2 rings (SSSR count). The standard InChI is InChI=1S/C9H12.C5H5.F6P.Fe/c1-2-6-9-7-4-3-5-8-9;1-2-4-5-3-1;1-7(2,3,4,5)6;/h3-5,7-8H,2,6H2,1H3;1-3H,4H2;;/q;;-1;+1. The summed E-state index contributed by atoms with van der Waals surface area (Å²) in [4.78, 5) is 0. The zero-order valence-electron chi connectivity index (χ0n) is 11.8. The SMILES string of the molecule is CCCc1ccccc1.F[P-](F)(F)(F)(F)F.[Fe+][C]1=CC=CC1. The van der Waals surface area contributed by atoms with Gasteiger partial charge in [-0.25, -0.2) is 0 Å². The summed E-state index contributed by atoms with van der Waals surface area (Å²) in [6.07, 6.45) is 9.66. The Labute approximate surface area is 134 Å². The maximum atomic E-state index is 9.87. The van der Waals surface area contributed by atoms with Crippen LogP contribution in [0.2, 0.25) is 0 Å². The maximum absolute atomic E-state index is 10.7. The third kappa shape index (κ3) is 21.5. The monoisotopic (exact) mass is 386 g/mol. The van der Waals surface area contributed by atoms with Crippen LogP contribution in [0.15, 0.2) is 53.0 Å². The van der Waals surface area contributed by atoms with Gasteiger partial charge in [-0.3, -0.25) is 0 Å². The molecule has 128 valence electrons. The third-order valence-electron chi connectivity index (χ3n) is 2.10. The fourth-order valence-electron chi connectivity index (χ4n) is 1.35. The molecule has 0 radical (unpaired) electrons. The zero-order valence-corrected chi connectivity index (χ0v) is 13.8. The van der Waals surface area contributed by atoms with Crippen LogP contribution in [0, 0.1) is 0 Å². The minimum absolute atomic E-state index is 1.06. The quantitative estimate of drug-likeness (QED) is 0.282. The normalized spacial score (nSPS) is 16.3. The minimum atomic E-state index is -10.7. The molecule has 1 aromatic rings. The van der Waals surface area contributed by atoms with Gasteiger partial charge in [0.15, 0.2) is 0 Å². The van der Waals surface area contributed by atoms with Gasteiger partial charge in [-0.05, 0) is 12.0 Å². The van der Waals surface area contributed by atoms with E-state index in [0.717, 1.165) is 6.42 Å². The molecule has 0 N–H and O–H groups in total. The van der Waals surface area contributed by atoms with Crippen LogP contribution < -0.4 is 0 Å². The molecule has 0 fully saturated rings. The molecule has 1 aliphatic rings. The van der Waals surface area contributed by atoms with Crippen molar-refractivity contribution in [1.29, 1.82) is 0 Å². The molecule has 8 heteroatoms. The van der Waals surface area contributed by atoms with E-state index >= 15 is 0 Å². The van der Waals surface area contributed by atoms with Crippen molar-refractivity contribution in [2.75, 3.05) is 0 Å². The molecule has 0 saturated carbocycles. The first kappa shape index (κ1) is 21.2. The van der Waals surface area contributed by atoms with Crippen molar-refractivity contribution in [3.63, 3.8) is 0 Å². The predicted octanol–water partition coefficient (Wildman–Crippen LogP) is 7.40. The van der Waals surface area contributed by atoms with Crippen molar-refractivity contribution in [2.24, 2.45) is 0 Å². The van der Waals surface area contributed by atoms with Gasteiger partial charge in [0.05, 0.1) is 0 Å². The molecule has 0 atom stereocenters. The van der Waals surface area contributed by atoms with E-state index in [2.05, 4.69) is 59.3 Å². The van der Waals surface area contributed by atoms with Crippen LogP contribution in [-0.4, -0.2) is 0 Å². The average molecular weight is 386 g/mol. The second-order valence-electron chi connectivity index (χ2n) is 4.42. The van der Waals surface area contributed by atoms with Gasteiger partial charge >= 0.3 is 78.1 Å². The van der Waals surface area contributed by atoms with Gasteiger partial charge in [0, 0.05) is 0 Å². The van der Waals surface area contributed by atoms with Crippen LogP contribution in [-0.2, 0) is 22.4 Å². The Bertz CT molecular complexity index is 493. The van der Waals surface area contributed by atoms with Crippen LogP contribution >= 0.6 is 7.81 Å². The molecule has 0 unspecified atom stereocenters. The van der Waals surface area contributed by atoms with E-state index in [-0.39, 0.29) is 0 Å². The van der Waals surface area contributed by atoms with Crippen LogP contribution in [0.4, 0.5) is 25.2 Å². The summed E-state index contributed by atoms with van der Waals surface area (Å²) in [5.74, 6) is 0. The number of aryl methyl sites for hydroxylation is 1. The molecule has 22 heavy (non-hydrogen) atoms. The first-order valence-electron chi connectivity index (χ1n) is 6.38. The average Bonchev–Trinajstić information content (AvgIpc) is 2.79. The number of benzene rings is 1. The van der Waals surface area contributed by atoms with Crippen LogP contribution in [0.3, 0.4) is 0 Å². The topological polar surface area (TPSA) is 0 Å². The van der Waals surface area contributed by atoms with Crippen molar-refractivity contribution in [3.05, 3.63) is 58.6 Å². The van der Waals surface area contributed by atoms with Gasteiger partial charge in [-0.2, -0.15) is 0 Å².